The van der Waals surface area contributed by atoms with Crippen molar-refractivity contribution in [2.24, 2.45) is 0 Å². The third kappa shape index (κ3) is 5.56. The Morgan fingerprint density at radius 1 is 1.32 bits per heavy atom. The predicted octanol–water partition coefficient (Wildman–Crippen LogP) is 2.27. The van der Waals surface area contributed by atoms with Crippen LogP contribution in [-0.4, -0.2) is 61.1 Å². The summed E-state index contributed by atoms with van der Waals surface area (Å²) in [6.07, 6.45) is 0.768. The van der Waals surface area contributed by atoms with Gasteiger partial charge in [-0.3, -0.25) is 10.1 Å². The Morgan fingerprint density at radius 2 is 2.00 bits per heavy atom. The van der Waals surface area contributed by atoms with Gasteiger partial charge in [0.05, 0.1) is 17.2 Å². The molecule has 0 bridgehead atoms. The van der Waals surface area contributed by atoms with E-state index in [9.17, 15) is 14.9 Å². The number of esters is 1. The van der Waals surface area contributed by atoms with Gasteiger partial charge in [-0.2, -0.15) is 0 Å². The van der Waals surface area contributed by atoms with E-state index < -0.39 is 10.9 Å². The molecule has 140 valence electrons. The molecule has 0 aromatic carbocycles. The van der Waals surface area contributed by atoms with Crippen LogP contribution in [0, 0.1) is 17.0 Å². The van der Waals surface area contributed by atoms with Crippen LogP contribution in [0.1, 0.15) is 36.3 Å². The molecule has 0 fully saturated rings. The fourth-order valence-corrected chi connectivity index (χ4v) is 2.40. The first-order chi connectivity index (χ1) is 11.8. The van der Waals surface area contributed by atoms with E-state index in [0.29, 0.717) is 18.8 Å². The lowest BCUT2D eigenvalue weighted by atomic mass is 10.1. The quantitative estimate of drug-likeness (QED) is 0.285. The van der Waals surface area contributed by atoms with Gasteiger partial charge in [0.2, 0.25) is 5.82 Å². The van der Waals surface area contributed by atoms with Crippen LogP contribution >= 0.6 is 0 Å². The second-order valence-electron chi connectivity index (χ2n) is 5.74. The van der Waals surface area contributed by atoms with E-state index in [1.807, 2.05) is 25.9 Å². The summed E-state index contributed by atoms with van der Waals surface area (Å²) in [5.41, 5.74) is 0.418. The maximum atomic E-state index is 12.3. The minimum Gasteiger partial charge on any atom is -0.462 e. The molecule has 9 heteroatoms. The summed E-state index contributed by atoms with van der Waals surface area (Å²) in [6.45, 7) is 7.12. The normalized spacial score (nSPS) is 10.6. The number of carbonyl (C=O) groups excluding carboxylic acids is 1. The van der Waals surface area contributed by atoms with Crippen molar-refractivity contribution in [3.63, 3.8) is 0 Å². The van der Waals surface area contributed by atoms with E-state index >= 15 is 0 Å². The van der Waals surface area contributed by atoms with Gasteiger partial charge in [0.15, 0.2) is 0 Å². The highest BCUT2D eigenvalue weighted by Crippen LogP contribution is 2.36. The van der Waals surface area contributed by atoms with Crippen LogP contribution in [0.25, 0.3) is 0 Å². The Labute approximate surface area is 147 Å². The number of nitrogens with zero attached hydrogens (tertiary/aromatic N) is 3. The van der Waals surface area contributed by atoms with Crippen molar-refractivity contribution >= 4 is 23.2 Å². The molecule has 1 rings (SSSR count). The molecule has 9 nitrogen and oxygen atoms in total. The van der Waals surface area contributed by atoms with Gasteiger partial charge in [-0.25, -0.2) is 9.78 Å². The Balaban J connectivity index is 3.35. The molecule has 1 aromatic rings. The average Bonchev–Trinajstić information content (AvgIpc) is 2.51. The standard InChI is InChI=1S/C16H27N5O4/c1-6-17-15-14(21(23)24)13(18-9-8-10-20(4)5)12(11(3)19-15)16(22)25-7-2/h6-10H2,1-5H3,(H2,17,18,19). The lowest BCUT2D eigenvalue weighted by Gasteiger charge is -2.17. The summed E-state index contributed by atoms with van der Waals surface area (Å²) in [5.74, 6) is -0.470. The van der Waals surface area contributed by atoms with Crippen LogP contribution in [0.5, 0.6) is 0 Å². The monoisotopic (exact) mass is 353 g/mol. The highest BCUT2D eigenvalue weighted by atomic mass is 16.6. The van der Waals surface area contributed by atoms with Crippen molar-refractivity contribution in [2.45, 2.75) is 27.2 Å². The summed E-state index contributed by atoms with van der Waals surface area (Å²) in [4.78, 5) is 29.6. The van der Waals surface area contributed by atoms with Crippen molar-refractivity contribution in [1.82, 2.24) is 9.88 Å². The van der Waals surface area contributed by atoms with Crippen molar-refractivity contribution in [1.29, 1.82) is 0 Å². The van der Waals surface area contributed by atoms with Crippen LogP contribution < -0.4 is 10.6 Å². The first kappa shape index (κ1) is 20.6. The van der Waals surface area contributed by atoms with Crippen LogP contribution in [-0.2, 0) is 4.74 Å². The van der Waals surface area contributed by atoms with Gasteiger partial charge < -0.3 is 20.3 Å². The molecular formula is C16H27N5O4. The predicted molar refractivity (Wildman–Crippen MR) is 97.4 cm³/mol. The SMILES string of the molecule is CCNc1nc(C)c(C(=O)OCC)c(NCCCN(C)C)c1[N+](=O)[O-]. The second kappa shape index (κ2) is 9.77. The topological polar surface area (TPSA) is 110 Å². The molecule has 0 aliphatic rings. The molecule has 1 heterocycles. The summed E-state index contributed by atoms with van der Waals surface area (Å²) in [6, 6.07) is 0. The number of pyridine rings is 1. The molecule has 0 unspecified atom stereocenters. The van der Waals surface area contributed by atoms with E-state index in [1.165, 1.54) is 0 Å². The van der Waals surface area contributed by atoms with Crippen LogP contribution in [0.2, 0.25) is 0 Å². The first-order valence-electron chi connectivity index (χ1n) is 8.31. The van der Waals surface area contributed by atoms with Gasteiger partial charge >= 0.3 is 11.7 Å². The zero-order chi connectivity index (χ0) is 19.0. The third-order valence-electron chi connectivity index (χ3n) is 3.44. The van der Waals surface area contributed by atoms with Crippen molar-refractivity contribution < 1.29 is 14.5 Å². The first-order valence-corrected chi connectivity index (χ1v) is 8.31. The molecule has 1 aromatic heterocycles. The highest BCUT2D eigenvalue weighted by molar-refractivity contribution is 6.00. The van der Waals surface area contributed by atoms with Crippen LogP contribution in [0.15, 0.2) is 0 Å². The fourth-order valence-electron chi connectivity index (χ4n) is 2.40. The number of aromatic nitrogens is 1. The zero-order valence-corrected chi connectivity index (χ0v) is 15.5. The third-order valence-corrected chi connectivity index (χ3v) is 3.44. The van der Waals surface area contributed by atoms with Gasteiger partial charge in [-0.15, -0.1) is 0 Å². The van der Waals surface area contributed by atoms with Gasteiger partial charge in [-0.05, 0) is 47.8 Å². The van der Waals surface area contributed by atoms with Gasteiger partial charge in [0, 0.05) is 13.1 Å². The van der Waals surface area contributed by atoms with Crippen molar-refractivity contribution in [3.8, 4) is 0 Å². The molecule has 0 amide bonds. The Hall–Kier alpha value is -2.42. The van der Waals surface area contributed by atoms with Crippen molar-refractivity contribution in [3.05, 3.63) is 21.4 Å². The fraction of sp³-hybridized carbons (Fsp3) is 0.625. The molecule has 2 N–H and O–H groups in total. The molecule has 0 atom stereocenters. The number of hydrogen-bond donors (Lipinski definition) is 2. The Morgan fingerprint density at radius 3 is 2.52 bits per heavy atom. The average molecular weight is 353 g/mol. The van der Waals surface area contributed by atoms with E-state index in [1.54, 1.807) is 13.8 Å². The highest BCUT2D eigenvalue weighted by Gasteiger charge is 2.30. The summed E-state index contributed by atoms with van der Waals surface area (Å²) >= 11 is 0. The number of hydrogen-bond acceptors (Lipinski definition) is 8. The molecule has 25 heavy (non-hydrogen) atoms. The van der Waals surface area contributed by atoms with Crippen molar-refractivity contribution in [2.75, 3.05) is 51.0 Å². The number of nitro groups is 1. The van der Waals surface area contributed by atoms with E-state index in [0.717, 1.165) is 13.0 Å². The van der Waals surface area contributed by atoms with E-state index in [4.69, 9.17) is 4.74 Å². The Bertz CT molecular complexity index is 619. The summed E-state index contributed by atoms with van der Waals surface area (Å²) < 4.78 is 5.06. The van der Waals surface area contributed by atoms with Gasteiger partial charge in [0.25, 0.3) is 0 Å². The summed E-state index contributed by atoms with van der Waals surface area (Å²) in [7, 11) is 3.90. The maximum Gasteiger partial charge on any atom is 0.342 e. The molecule has 0 radical (unpaired) electrons. The van der Waals surface area contributed by atoms with E-state index in [2.05, 4.69) is 15.6 Å². The second-order valence-corrected chi connectivity index (χ2v) is 5.74. The number of anilines is 2. The lowest BCUT2D eigenvalue weighted by Crippen LogP contribution is -2.20. The summed E-state index contributed by atoms with van der Waals surface area (Å²) in [5, 5.41) is 17.6. The molecule has 0 saturated carbocycles. The maximum absolute atomic E-state index is 12.3. The minimum absolute atomic E-state index is 0.111. The number of nitrogens with one attached hydrogen (secondary N) is 2. The largest absolute Gasteiger partial charge is 0.462 e. The van der Waals surface area contributed by atoms with E-state index in [-0.39, 0.29) is 29.4 Å². The molecule has 0 spiro atoms. The molecule has 0 aliphatic carbocycles. The Kier molecular flexibility index (Phi) is 8.06. The van der Waals surface area contributed by atoms with Gasteiger partial charge in [0.1, 0.15) is 11.3 Å². The number of rotatable bonds is 10. The van der Waals surface area contributed by atoms with Gasteiger partial charge in [-0.1, -0.05) is 0 Å². The number of ether oxygens (including phenoxy) is 1. The molecule has 0 saturated heterocycles. The van der Waals surface area contributed by atoms with Crippen LogP contribution in [0.4, 0.5) is 17.2 Å². The smallest absolute Gasteiger partial charge is 0.342 e. The lowest BCUT2D eigenvalue weighted by molar-refractivity contribution is -0.383. The number of carbonyl (C=O) groups is 1. The number of aryl methyl sites for hydroxylation is 1. The molecular weight excluding hydrogens is 326 g/mol. The zero-order valence-electron chi connectivity index (χ0n) is 15.5. The van der Waals surface area contributed by atoms with Crippen LogP contribution in [0.3, 0.4) is 0 Å². The molecule has 0 aliphatic heterocycles. The minimum atomic E-state index is -0.617.